The first kappa shape index (κ1) is 9.08. The third-order valence-electron chi connectivity index (χ3n) is 1.67. The van der Waals surface area contributed by atoms with E-state index in [2.05, 4.69) is 10.2 Å². The molecule has 0 aliphatic heterocycles. The van der Waals surface area contributed by atoms with Crippen LogP contribution < -0.4 is 0 Å². The summed E-state index contributed by atoms with van der Waals surface area (Å²) in [6.45, 7) is 0. The predicted molar refractivity (Wildman–Crippen MR) is 46.3 cm³/mol. The fourth-order valence-corrected chi connectivity index (χ4v) is 1.23. The highest BCUT2D eigenvalue weighted by molar-refractivity contribution is 6.28. The lowest BCUT2D eigenvalue weighted by atomic mass is 10.3. The van der Waals surface area contributed by atoms with Gasteiger partial charge in [0.15, 0.2) is 0 Å². The van der Waals surface area contributed by atoms with Gasteiger partial charge in [-0.1, -0.05) is 0 Å². The average Bonchev–Trinajstić information content (AvgIpc) is 2.56. The van der Waals surface area contributed by atoms with Crippen LogP contribution in [0.1, 0.15) is 0 Å². The van der Waals surface area contributed by atoms with Crippen molar-refractivity contribution < 1.29 is 8.78 Å². The molecule has 0 N–H and O–H groups in total. The van der Waals surface area contributed by atoms with Crippen LogP contribution in [0.4, 0.5) is 8.78 Å². The van der Waals surface area contributed by atoms with Gasteiger partial charge in [-0.15, -0.1) is 10.2 Å². The molecule has 2 rings (SSSR count). The zero-order valence-electron chi connectivity index (χ0n) is 6.78. The molecule has 0 atom stereocenters. The minimum atomic E-state index is -0.590. The van der Waals surface area contributed by atoms with E-state index in [-0.39, 0.29) is 11.0 Å². The largest absolute Gasteiger partial charge is 0.269 e. The van der Waals surface area contributed by atoms with E-state index in [0.717, 1.165) is 22.8 Å². The molecular formula is C8H4ClF2N3. The number of hydrogen-bond acceptors (Lipinski definition) is 2. The molecule has 0 spiro atoms. The molecule has 0 fully saturated rings. The monoisotopic (exact) mass is 215 g/mol. The molecule has 2 aromatic rings. The Kier molecular flexibility index (Phi) is 2.17. The smallest absolute Gasteiger partial charge is 0.229 e. The lowest BCUT2D eigenvalue weighted by Gasteiger charge is -2.03. The topological polar surface area (TPSA) is 30.7 Å². The van der Waals surface area contributed by atoms with Crippen LogP contribution in [-0.2, 0) is 0 Å². The summed E-state index contributed by atoms with van der Waals surface area (Å²) < 4.78 is 27.2. The zero-order valence-corrected chi connectivity index (χ0v) is 7.54. The SMILES string of the molecule is Fc1ccc(F)c(-n2cnnc2Cl)c1. The Balaban J connectivity index is 2.62. The predicted octanol–water partition coefficient (Wildman–Crippen LogP) is 2.20. The molecule has 3 nitrogen and oxygen atoms in total. The highest BCUT2D eigenvalue weighted by Gasteiger charge is 2.09. The third kappa shape index (κ3) is 1.46. The normalized spacial score (nSPS) is 10.5. The molecule has 6 heteroatoms. The van der Waals surface area contributed by atoms with Crippen LogP contribution in [0.5, 0.6) is 0 Å². The van der Waals surface area contributed by atoms with Gasteiger partial charge in [0.2, 0.25) is 5.28 Å². The molecule has 1 aromatic heterocycles. The summed E-state index contributed by atoms with van der Waals surface area (Å²) in [5.74, 6) is -1.14. The Bertz CT molecular complexity index is 469. The quantitative estimate of drug-likeness (QED) is 0.730. The van der Waals surface area contributed by atoms with Gasteiger partial charge in [0.25, 0.3) is 0 Å². The number of halogens is 3. The van der Waals surface area contributed by atoms with Gasteiger partial charge >= 0.3 is 0 Å². The summed E-state index contributed by atoms with van der Waals surface area (Å²) in [6, 6.07) is 3.06. The van der Waals surface area contributed by atoms with Crippen molar-refractivity contribution in [1.82, 2.24) is 14.8 Å². The maximum atomic E-state index is 13.2. The summed E-state index contributed by atoms with van der Waals surface area (Å²) in [7, 11) is 0. The van der Waals surface area contributed by atoms with Gasteiger partial charge in [0.1, 0.15) is 18.0 Å². The first-order valence-corrected chi connectivity index (χ1v) is 4.07. The Morgan fingerprint density at radius 2 is 2.07 bits per heavy atom. The van der Waals surface area contributed by atoms with Gasteiger partial charge in [0, 0.05) is 6.07 Å². The molecule has 0 radical (unpaired) electrons. The summed E-state index contributed by atoms with van der Waals surface area (Å²) in [5.41, 5.74) is -0.0139. The Morgan fingerprint density at radius 3 is 2.71 bits per heavy atom. The Morgan fingerprint density at radius 1 is 1.29 bits per heavy atom. The average molecular weight is 216 g/mol. The molecule has 1 heterocycles. The molecule has 0 unspecified atom stereocenters. The molecule has 72 valence electrons. The van der Waals surface area contributed by atoms with Crippen molar-refractivity contribution in [2.75, 3.05) is 0 Å². The van der Waals surface area contributed by atoms with Gasteiger partial charge in [-0.25, -0.2) is 8.78 Å². The van der Waals surface area contributed by atoms with Crippen molar-refractivity contribution in [3.8, 4) is 5.69 Å². The van der Waals surface area contributed by atoms with Crippen LogP contribution in [0, 0.1) is 11.6 Å². The van der Waals surface area contributed by atoms with Crippen LogP contribution >= 0.6 is 11.6 Å². The summed E-state index contributed by atoms with van der Waals surface area (Å²) >= 11 is 5.60. The third-order valence-corrected chi connectivity index (χ3v) is 1.93. The minimum absolute atomic E-state index is 0.0139. The lowest BCUT2D eigenvalue weighted by Crippen LogP contribution is -1.97. The minimum Gasteiger partial charge on any atom is -0.269 e. The van der Waals surface area contributed by atoms with Gasteiger partial charge in [-0.2, -0.15) is 0 Å². The number of rotatable bonds is 1. The Labute approximate surface area is 82.9 Å². The zero-order chi connectivity index (χ0) is 10.1. The van der Waals surface area contributed by atoms with E-state index >= 15 is 0 Å². The van der Waals surface area contributed by atoms with Crippen molar-refractivity contribution in [3.63, 3.8) is 0 Å². The fraction of sp³-hybridized carbons (Fsp3) is 0. The van der Waals surface area contributed by atoms with Crippen molar-refractivity contribution >= 4 is 11.6 Å². The van der Waals surface area contributed by atoms with E-state index in [4.69, 9.17) is 11.6 Å². The summed E-state index contributed by atoms with van der Waals surface area (Å²) in [4.78, 5) is 0. The van der Waals surface area contributed by atoms with Gasteiger partial charge in [-0.3, -0.25) is 4.57 Å². The molecule has 0 amide bonds. The Hall–Kier alpha value is -1.49. The van der Waals surface area contributed by atoms with Crippen LogP contribution in [0.25, 0.3) is 5.69 Å². The van der Waals surface area contributed by atoms with Crippen molar-refractivity contribution in [3.05, 3.63) is 41.4 Å². The number of hydrogen-bond donors (Lipinski definition) is 0. The van der Waals surface area contributed by atoms with E-state index in [9.17, 15) is 8.78 Å². The van der Waals surface area contributed by atoms with Crippen molar-refractivity contribution in [1.29, 1.82) is 0 Å². The van der Waals surface area contributed by atoms with E-state index in [1.54, 1.807) is 0 Å². The van der Waals surface area contributed by atoms with Gasteiger partial charge in [-0.05, 0) is 23.7 Å². The maximum Gasteiger partial charge on any atom is 0.229 e. The standard InChI is InChI=1S/C8H4ClF2N3/c9-8-13-12-4-14(8)7-3-5(10)1-2-6(7)11/h1-4H. The van der Waals surface area contributed by atoms with Crippen LogP contribution in [0.15, 0.2) is 24.5 Å². The highest BCUT2D eigenvalue weighted by atomic mass is 35.5. The molecule has 0 bridgehead atoms. The van der Waals surface area contributed by atoms with E-state index in [0.29, 0.717) is 0 Å². The first-order chi connectivity index (χ1) is 6.68. The summed E-state index contributed by atoms with van der Waals surface area (Å²) in [6.07, 6.45) is 1.21. The lowest BCUT2D eigenvalue weighted by molar-refractivity contribution is 0.592. The van der Waals surface area contributed by atoms with Crippen LogP contribution in [-0.4, -0.2) is 14.8 Å². The van der Waals surface area contributed by atoms with Gasteiger partial charge < -0.3 is 0 Å². The molecule has 14 heavy (non-hydrogen) atoms. The van der Waals surface area contributed by atoms with Crippen LogP contribution in [0.2, 0.25) is 5.28 Å². The molecule has 0 aliphatic carbocycles. The second kappa shape index (κ2) is 3.34. The van der Waals surface area contributed by atoms with Crippen molar-refractivity contribution in [2.45, 2.75) is 0 Å². The molecule has 0 saturated carbocycles. The first-order valence-electron chi connectivity index (χ1n) is 3.69. The molecular weight excluding hydrogens is 212 g/mol. The maximum absolute atomic E-state index is 13.2. The number of aromatic nitrogens is 3. The second-order valence-electron chi connectivity index (χ2n) is 2.57. The molecule has 1 aromatic carbocycles. The number of nitrogens with zero attached hydrogens (tertiary/aromatic N) is 3. The van der Waals surface area contributed by atoms with Gasteiger partial charge in [0.05, 0.1) is 5.69 Å². The second-order valence-corrected chi connectivity index (χ2v) is 2.90. The van der Waals surface area contributed by atoms with E-state index in [1.807, 2.05) is 0 Å². The van der Waals surface area contributed by atoms with E-state index < -0.39 is 11.6 Å². The number of benzene rings is 1. The highest BCUT2D eigenvalue weighted by Crippen LogP contribution is 2.17. The summed E-state index contributed by atoms with van der Waals surface area (Å²) in [5, 5.41) is 6.89. The van der Waals surface area contributed by atoms with Crippen molar-refractivity contribution in [2.24, 2.45) is 0 Å². The van der Waals surface area contributed by atoms with Crippen LogP contribution in [0.3, 0.4) is 0 Å². The molecule has 0 aliphatic rings. The molecule has 0 saturated heterocycles. The fourth-order valence-electron chi connectivity index (χ4n) is 1.05. The van der Waals surface area contributed by atoms with E-state index in [1.165, 1.54) is 6.33 Å².